The zero-order valence-corrected chi connectivity index (χ0v) is 12.7. The molecule has 0 aromatic heterocycles. The van der Waals surface area contributed by atoms with Crippen molar-refractivity contribution < 1.29 is 9.18 Å². The molecule has 2 rings (SSSR count). The molecule has 1 aromatic carbocycles. The number of anilines is 2. The summed E-state index contributed by atoms with van der Waals surface area (Å²) in [5, 5.41) is 9.40. The lowest BCUT2D eigenvalue weighted by atomic mass is 9.98. The number of carbonyl (C=O) groups is 1. The molecule has 2 unspecified atom stereocenters. The number of hydrogen-bond donors (Lipinski definition) is 3. The van der Waals surface area contributed by atoms with Crippen LogP contribution in [-0.4, -0.2) is 24.5 Å². The number of carbonyl (C=O) groups excluding carboxylic acids is 1. The van der Waals surface area contributed by atoms with Crippen LogP contribution in [-0.2, 0) is 4.79 Å². The second kappa shape index (κ2) is 7.41. The molecule has 21 heavy (non-hydrogen) atoms. The van der Waals surface area contributed by atoms with Gasteiger partial charge in [0.1, 0.15) is 5.82 Å². The summed E-state index contributed by atoms with van der Waals surface area (Å²) in [6, 6.07) is 5.55. The largest absolute Gasteiger partial charge is 0.382 e. The minimum atomic E-state index is -0.419. The van der Waals surface area contributed by atoms with Crippen LogP contribution < -0.4 is 16.0 Å². The molecule has 1 fully saturated rings. The molecular weight excluding hydrogens is 269 g/mol. The van der Waals surface area contributed by atoms with Gasteiger partial charge in [-0.15, -0.1) is 0 Å². The summed E-state index contributed by atoms with van der Waals surface area (Å²) in [5.74, 6) is -0.692. The molecule has 5 heteroatoms. The highest BCUT2D eigenvalue weighted by Gasteiger charge is 2.16. The van der Waals surface area contributed by atoms with Crippen LogP contribution in [0.15, 0.2) is 18.2 Å². The highest BCUT2D eigenvalue weighted by molar-refractivity contribution is 5.89. The molecule has 1 aliphatic rings. The third kappa shape index (κ3) is 5.01. The van der Waals surface area contributed by atoms with Crippen LogP contribution in [0.4, 0.5) is 15.8 Å². The van der Waals surface area contributed by atoms with E-state index in [4.69, 9.17) is 0 Å². The molecule has 2 atom stereocenters. The first-order valence-electron chi connectivity index (χ1n) is 7.61. The SMILES string of the molecule is CC(=O)Nc1cc(NC(C)CC2CCCCN2)ccc1F. The average molecular weight is 293 g/mol. The van der Waals surface area contributed by atoms with Crippen molar-refractivity contribution in [3.8, 4) is 0 Å². The van der Waals surface area contributed by atoms with Gasteiger partial charge in [0.15, 0.2) is 0 Å². The Morgan fingerprint density at radius 1 is 1.48 bits per heavy atom. The molecule has 1 heterocycles. The number of hydrogen-bond acceptors (Lipinski definition) is 3. The Morgan fingerprint density at radius 2 is 2.29 bits per heavy atom. The van der Waals surface area contributed by atoms with E-state index in [1.165, 1.54) is 32.3 Å². The first kappa shape index (κ1) is 15.8. The molecule has 1 aromatic rings. The zero-order valence-electron chi connectivity index (χ0n) is 12.7. The van der Waals surface area contributed by atoms with Gasteiger partial charge >= 0.3 is 0 Å². The maximum atomic E-state index is 13.6. The van der Waals surface area contributed by atoms with E-state index in [0.717, 1.165) is 18.7 Å². The molecule has 0 radical (unpaired) electrons. The minimum Gasteiger partial charge on any atom is -0.382 e. The number of nitrogens with one attached hydrogen (secondary N) is 3. The minimum absolute atomic E-state index is 0.218. The fourth-order valence-corrected chi connectivity index (χ4v) is 2.80. The molecule has 0 aliphatic carbocycles. The van der Waals surface area contributed by atoms with Crippen molar-refractivity contribution in [2.24, 2.45) is 0 Å². The Labute approximate surface area is 125 Å². The van der Waals surface area contributed by atoms with Gasteiger partial charge in [0.2, 0.25) is 5.91 Å². The predicted molar refractivity (Wildman–Crippen MR) is 84.0 cm³/mol. The summed E-state index contributed by atoms with van der Waals surface area (Å²) < 4.78 is 13.6. The molecule has 0 bridgehead atoms. The number of benzene rings is 1. The van der Waals surface area contributed by atoms with Gasteiger partial charge in [-0.05, 0) is 50.9 Å². The Kier molecular flexibility index (Phi) is 5.56. The lowest BCUT2D eigenvalue weighted by molar-refractivity contribution is -0.114. The van der Waals surface area contributed by atoms with Crippen LogP contribution in [0.25, 0.3) is 0 Å². The van der Waals surface area contributed by atoms with Crippen LogP contribution in [0.1, 0.15) is 39.5 Å². The van der Waals surface area contributed by atoms with E-state index in [9.17, 15) is 9.18 Å². The van der Waals surface area contributed by atoms with Gasteiger partial charge in [-0.25, -0.2) is 4.39 Å². The summed E-state index contributed by atoms with van der Waals surface area (Å²) in [4.78, 5) is 11.1. The van der Waals surface area contributed by atoms with Crippen molar-refractivity contribution in [1.82, 2.24) is 5.32 Å². The number of halogens is 1. The molecule has 1 aliphatic heterocycles. The monoisotopic (exact) mass is 293 g/mol. The molecule has 1 saturated heterocycles. The maximum absolute atomic E-state index is 13.6. The fraction of sp³-hybridized carbons (Fsp3) is 0.562. The molecular formula is C16H24FN3O. The lowest BCUT2D eigenvalue weighted by Gasteiger charge is -2.27. The maximum Gasteiger partial charge on any atom is 0.221 e. The summed E-state index contributed by atoms with van der Waals surface area (Å²) in [5.41, 5.74) is 1.04. The first-order chi connectivity index (χ1) is 10.0. The number of piperidine rings is 1. The van der Waals surface area contributed by atoms with Gasteiger partial charge < -0.3 is 16.0 Å². The van der Waals surface area contributed by atoms with Crippen LogP contribution in [0.5, 0.6) is 0 Å². The van der Waals surface area contributed by atoms with Gasteiger partial charge in [-0.3, -0.25) is 4.79 Å². The summed E-state index contributed by atoms with van der Waals surface area (Å²) in [6.45, 7) is 4.59. The highest BCUT2D eigenvalue weighted by atomic mass is 19.1. The first-order valence-corrected chi connectivity index (χ1v) is 7.61. The van der Waals surface area contributed by atoms with E-state index in [1.807, 2.05) is 0 Å². The predicted octanol–water partition coefficient (Wildman–Crippen LogP) is 3.12. The van der Waals surface area contributed by atoms with Crippen molar-refractivity contribution in [3.05, 3.63) is 24.0 Å². The lowest BCUT2D eigenvalue weighted by Crippen LogP contribution is -2.37. The molecule has 0 spiro atoms. The number of rotatable bonds is 5. The Balaban J connectivity index is 1.93. The van der Waals surface area contributed by atoms with Gasteiger partial charge in [0.25, 0.3) is 0 Å². The van der Waals surface area contributed by atoms with Crippen molar-refractivity contribution in [1.29, 1.82) is 0 Å². The standard InChI is InChI=1S/C16H24FN3O/c1-11(9-13-5-3-4-8-18-13)19-14-6-7-15(17)16(10-14)20-12(2)21/h6-7,10-11,13,18-19H,3-5,8-9H2,1-2H3,(H,20,21). The quantitative estimate of drug-likeness (QED) is 0.782. The van der Waals surface area contributed by atoms with E-state index in [0.29, 0.717) is 6.04 Å². The Hall–Kier alpha value is -1.62. The average Bonchev–Trinajstić information content (AvgIpc) is 2.43. The number of amides is 1. The smallest absolute Gasteiger partial charge is 0.221 e. The van der Waals surface area contributed by atoms with Crippen LogP contribution in [0.2, 0.25) is 0 Å². The van der Waals surface area contributed by atoms with Gasteiger partial charge in [0, 0.05) is 24.7 Å². The Bertz CT molecular complexity index is 486. The van der Waals surface area contributed by atoms with Gasteiger partial charge in [0.05, 0.1) is 5.69 Å². The van der Waals surface area contributed by atoms with Gasteiger partial charge in [-0.2, -0.15) is 0 Å². The fourth-order valence-electron chi connectivity index (χ4n) is 2.80. The summed E-state index contributed by atoms with van der Waals surface area (Å²) in [7, 11) is 0. The van der Waals surface area contributed by atoms with Crippen LogP contribution >= 0.6 is 0 Å². The summed E-state index contributed by atoms with van der Waals surface area (Å²) in [6.07, 6.45) is 4.80. The van der Waals surface area contributed by atoms with E-state index >= 15 is 0 Å². The van der Waals surface area contributed by atoms with Crippen molar-refractivity contribution in [2.45, 2.75) is 51.6 Å². The van der Waals surface area contributed by atoms with Crippen molar-refractivity contribution >= 4 is 17.3 Å². The molecule has 1 amide bonds. The zero-order chi connectivity index (χ0) is 15.2. The van der Waals surface area contributed by atoms with Gasteiger partial charge in [-0.1, -0.05) is 6.42 Å². The molecule has 0 saturated carbocycles. The highest BCUT2D eigenvalue weighted by Crippen LogP contribution is 2.21. The third-order valence-corrected chi connectivity index (χ3v) is 3.74. The van der Waals surface area contributed by atoms with Crippen LogP contribution in [0.3, 0.4) is 0 Å². The topological polar surface area (TPSA) is 53.2 Å². The second-order valence-corrected chi connectivity index (χ2v) is 5.80. The normalized spacial score (nSPS) is 19.9. The van der Waals surface area contributed by atoms with Crippen molar-refractivity contribution in [2.75, 3.05) is 17.2 Å². The molecule has 4 nitrogen and oxygen atoms in total. The molecule has 3 N–H and O–H groups in total. The van der Waals surface area contributed by atoms with E-state index in [2.05, 4.69) is 22.9 Å². The second-order valence-electron chi connectivity index (χ2n) is 5.80. The summed E-state index contributed by atoms with van der Waals surface area (Å²) >= 11 is 0. The van der Waals surface area contributed by atoms with E-state index in [-0.39, 0.29) is 17.6 Å². The van der Waals surface area contributed by atoms with E-state index in [1.54, 1.807) is 12.1 Å². The van der Waals surface area contributed by atoms with Crippen molar-refractivity contribution in [3.63, 3.8) is 0 Å². The Morgan fingerprint density at radius 3 is 2.95 bits per heavy atom. The third-order valence-electron chi connectivity index (χ3n) is 3.74. The van der Waals surface area contributed by atoms with Crippen LogP contribution in [0, 0.1) is 5.82 Å². The van der Waals surface area contributed by atoms with E-state index < -0.39 is 5.82 Å². The molecule has 116 valence electrons.